The van der Waals surface area contributed by atoms with E-state index in [9.17, 15) is 9.59 Å². The van der Waals surface area contributed by atoms with Gasteiger partial charge < -0.3 is 19.5 Å². The maximum atomic E-state index is 12.5. The molecule has 2 aromatic carbocycles. The van der Waals surface area contributed by atoms with Crippen LogP contribution in [0.15, 0.2) is 60.8 Å². The standard InChI is InChI=1S/C25H24N4O3/c26-12-3-13-29-18-20(22-4-1-2-5-23(22)29)8-11-24(30)27-21-9-6-19(7-10-21)25(31)28-14-16-32-17-15-28/h1-2,4-11,18H,3,13-17H2,(H,27,30)/b11-8+. The zero-order valence-corrected chi connectivity index (χ0v) is 17.7. The van der Waals surface area contributed by atoms with E-state index < -0.39 is 0 Å². The SMILES string of the molecule is N#CCCn1cc(/C=C/C(=O)Nc2ccc(C(=O)N3CCOCC3)cc2)c2ccccc21. The van der Waals surface area contributed by atoms with Crippen LogP contribution < -0.4 is 5.32 Å². The van der Waals surface area contributed by atoms with Crippen molar-refractivity contribution in [2.45, 2.75) is 13.0 Å². The van der Waals surface area contributed by atoms with Crippen molar-refractivity contribution in [2.75, 3.05) is 31.6 Å². The lowest BCUT2D eigenvalue weighted by molar-refractivity contribution is -0.111. The number of nitrogens with zero attached hydrogens (tertiary/aromatic N) is 3. The van der Waals surface area contributed by atoms with E-state index >= 15 is 0 Å². The third-order valence-electron chi connectivity index (χ3n) is 5.40. The number of hydrogen-bond acceptors (Lipinski definition) is 4. The smallest absolute Gasteiger partial charge is 0.254 e. The molecule has 162 valence electrons. The summed E-state index contributed by atoms with van der Waals surface area (Å²) in [5, 5.41) is 12.7. The van der Waals surface area contributed by atoms with Gasteiger partial charge in [0.25, 0.3) is 5.91 Å². The van der Waals surface area contributed by atoms with E-state index in [0.29, 0.717) is 50.5 Å². The molecule has 0 radical (unpaired) electrons. The van der Waals surface area contributed by atoms with Gasteiger partial charge in [0.15, 0.2) is 0 Å². The first-order chi connectivity index (χ1) is 15.7. The second-order valence-corrected chi connectivity index (χ2v) is 7.51. The monoisotopic (exact) mass is 428 g/mol. The Kier molecular flexibility index (Phi) is 6.63. The molecule has 0 spiro atoms. The van der Waals surface area contributed by atoms with Gasteiger partial charge in [0.1, 0.15) is 0 Å². The number of carbonyl (C=O) groups is 2. The molecule has 7 nitrogen and oxygen atoms in total. The molecular formula is C25H24N4O3. The number of ether oxygens (including phenoxy) is 1. The molecule has 7 heteroatoms. The summed E-state index contributed by atoms with van der Waals surface area (Å²) in [5.74, 6) is -0.287. The van der Waals surface area contributed by atoms with Crippen LogP contribution in [0.4, 0.5) is 5.69 Å². The van der Waals surface area contributed by atoms with Gasteiger partial charge in [-0.05, 0) is 36.4 Å². The quantitative estimate of drug-likeness (QED) is 0.607. The molecule has 0 bridgehead atoms. The van der Waals surface area contributed by atoms with E-state index in [0.717, 1.165) is 16.5 Å². The highest BCUT2D eigenvalue weighted by Crippen LogP contribution is 2.23. The summed E-state index contributed by atoms with van der Waals surface area (Å²) in [4.78, 5) is 26.7. The van der Waals surface area contributed by atoms with Crippen molar-refractivity contribution in [3.8, 4) is 6.07 Å². The highest BCUT2D eigenvalue weighted by molar-refractivity contribution is 6.04. The minimum Gasteiger partial charge on any atom is -0.378 e. The molecule has 3 aromatic rings. The molecule has 1 aliphatic heterocycles. The lowest BCUT2D eigenvalue weighted by Crippen LogP contribution is -2.40. The summed E-state index contributed by atoms with van der Waals surface area (Å²) in [7, 11) is 0. The predicted molar refractivity (Wildman–Crippen MR) is 123 cm³/mol. The van der Waals surface area contributed by atoms with E-state index in [4.69, 9.17) is 10.00 Å². The zero-order chi connectivity index (χ0) is 22.3. The van der Waals surface area contributed by atoms with Crippen molar-refractivity contribution in [3.63, 3.8) is 0 Å². The van der Waals surface area contributed by atoms with Crippen LogP contribution in [0.5, 0.6) is 0 Å². The van der Waals surface area contributed by atoms with Crippen LogP contribution in [0, 0.1) is 11.3 Å². The van der Waals surface area contributed by atoms with Crippen molar-refractivity contribution >= 4 is 34.5 Å². The number of rotatable bonds is 6. The number of nitriles is 1. The van der Waals surface area contributed by atoms with Gasteiger partial charge in [0.05, 0.1) is 25.7 Å². The van der Waals surface area contributed by atoms with Gasteiger partial charge >= 0.3 is 0 Å². The third kappa shape index (κ3) is 4.88. The number of hydrogen-bond donors (Lipinski definition) is 1. The summed E-state index contributed by atoms with van der Waals surface area (Å²) >= 11 is 0. The van der Waals surface area contributed by atoms with Crippen LogP contribution in [-0.4, -0.2) is 47.6 Å². The van der Waals surface area contributed by atoms with E-state index in [1.54, 1.807) is 35.2 Å². The summed E-state index contributed by atoms with van der Waals surface area (Å²) in [6.07, 6.45) is 5.64. The molecular weight excluding hydrogens is 404 g/mol. The van der Waals surface area contributed by atoms with Crippen molar-refractivity contribution in [1.29, 1.82) is 5.26 Å². The molecule has 1 saturated heterocycles. The number of anilines is 1. The number of fused-ring (bicyclic) bond motifs is 1. The average Bonchev–Trinajstić information content (AvgIpc) is 3.20. The number of aromatic nitrogens is 1. The highest BCUT2D eigenvalue weighted by atomic mass is 16.5. The van der Waals surface area contributed by atoms with Crippen LogP contribution in [0.1, 0.15) is 22.3 Å². The maximum absolute atomic E-state index is 12.5. The number of morpholine rings is 1. The third-order valence-corrected chi connectivity index (χ3v) is 5.40. The molecule has 2 heterocycles. The summed E-state index contributed by atoms with van der Waals surface area (Å²) in [6.45, 7) is 2.91. The van der Waals surface area contributed by atoms with Gasteiger partial charge in [0.2, 0.25) is 5.91 Å². The maximum Gasteiger partial charge on any atom is 0.254 e. The molecule has 0 atom stereocenters. The van der Waals surface area contributed by atoms with Crippen molar-refractivity contribution in [1.82, 2.24) is 9.47 Å². The van der Waals surface area contributed by atoms with E-state index in [-0.39, 0.29) is 11.8 Å². The number of carbonyl (C=O) groups excluding carboxylic acids is 2. The van der Waals surface area contributed by atoms with E-state index in [1.165, 1.54) is 6.08 Å². The molecule has 32 heavy (non-hydrogen) atoms. The lowest BCUT2D eigenvalue weighted by atomic mass is 10.1. The summed E-state index contributed by atoms with van der Waals surface area (Å²) in [6, 6.07) is 17.0. The Morgan fingerprint density at radius 1 is 1.09 bits per heavy atom. The van der Waals surface area contributed by atoms with Crippen LogP contribution in [-0.2, 0) is 16.1 Å². The molecule has 1 aromatic heterocycles. The largest absolute Gasteiger partial charge is 0.378 e. The number of benzene rings is 2. The number of nitrogens with one attached hydrogen (secondary N) is 1. The molecule has 0 aliphatic carbocycles. The second kappa shape index (κ2) is 9.94. The van der Waals surface area contributed by atoms with Gasteiger partial charge in [-0.2, -0.15) is 5.26 Å². The van der Waals surface area contributed by atoms with Crippen molar-refractivity contribution in [3.05, 3.63) is 71.9 Å². The highest BCUT2D eigenvalue weighted by Gasteiger charge is 2.18. The molecule has 2 amide bonds. The number of aryl methyl sites for hydroxylation is 1. The van der Waals surface area contributed by atoms with Crippen molar-refractivity contribution in [2.24, 2.45) is 0 Å². The Morgan fingerprint density at radius 2 is 1.84 bits per heavy atom. The summed E-state index contributed by atoms with van der Waals surface area (Å²) in [5.41, 5.74) is 3.16. The van der Waals surface area contributed by atoms with Crippen LogP contribution >= 0.6 is 0 Å². The number of para-hydroxylation sites is 1. The summed E-state index contributed by atoms with van der Waals surface area (Å²) < 4.78 is 7.31. The predicted octanol–water partition coefficient (Wildman–Crippen LogP) is 3.68. The second-order valence-electron chi connectivity index (χ2n) is 7.51. The first-order valence-electron chi connectivity index (χ1n) is 10.6. The van der Waals surface area contributed by atoms with E-state index in [2.05, 4.69) is 11.4 Å². The average molecular weight is 428 g/mol. The molecule has 4 rings (SSSR count). The Balaban J connectivity index is 1.41. The fourth-order valence-electron chi connectivity index (χ4n) is 3.76. The minimum atomic E-state index is -0.258. The van der Waals surface area contributed by atoms with Gasteiger partial charge in [-0.3, -0.25) is 9.59 Å². The van der Waals surface area contributed by atoms with Crippen molar-refractivity contribution < 1.29 is 14.3 Å². The fraction of sp³-hybridized carbons (Fsp3) is 0.240. The lowest BCUT2D eigenvalue weighted by Gasteiger charge is -2.26. The Bertz CT molecular complexity index is 1180. The van der Waals surface area contributed by atoms with Crippen LogP contribution in [0.2, 0.25) is 0 Å². The molecule has 1 aliphatic rings. The van der Waals surface area contributed by atoms with E-state index in [1.807, 2.05) is 35.0 Å². The molecule has 0 unspecified atom stereocenters. The minimum absolute atomic E-state index is 0.0288. The Hall–Kier alpha value is -3.89. The van der Waals surface area contributed by atoms with Crippen LogP contribution in [0.25, 0.3) is 17.0 Å². The first kappa shape index (κ1) is 21.3. The molecule has 1 fully saturated rings. The fourth-order valence-corrected chi connectivity index (χ4v) is 3.76. The van der Waals surface area contributed by atoms with Crippen LogP contribution in [0.3, 0.4) is 0 Å². The molecule has 0 saturated carbocycles. The first-order valence-corrected chi connectivity index (χ1v) is 10.6. The van der Waals surface area contributed by atoms with Gasteiger partial charge in [-0.15, -0.1) is 0 Å². The molecule has 1 N–H and O–H groups in total. The van der Waals surface area contributed by atoms with Gasteiger partial charge in [-0.25, -0.2) is 0 Å². The van der Waals surface area contributed by atoms with Gasteiger partial charge in [-0.1, -0.05) is 18.2 Å². The normalized spacial score (nSPS) is 13.9. The van der Waals surface area contributed by atoms with Gasteiger partial charge in [0, 0.05) is 59.6 Å². The Labute approximate surface area is 186 Å². The topological polar surface area (TPSA) is 87.4 Å². The number of amides is 2. The Morgan fingerprint density at radius 3 is 2.59 bits per heavy atom. The zero-order valence-electron chi connectivity index (χ0n) is 17.7.